The molecule has 5 atom stereocenters. The molecule has 0 radical (unpaired) electrons. The SMILES string of the molecule is COC1[C@@H](Sc2cncc(Cl)c2)OC(CO)[C@H](O)[C@@H]1n1ccc(I)n1. The van der Waals surface area contributed by atoms with Crippen LogP contribution in [-0.2, 0) is 9.47 Å². The number of hydrogen-bond donors (Lipinski definition) is 2. The number of hydrogen-bond acceptors (Lipinski definition) is 7. The van der Waals surface area contributed by atoms with Gasteiger partial charge in [0.1, 0.15) is 33.5 Å². The minimum atomic E-state index is -0.958. The number of ether oxygens (including phenoxy) is 2. The molecule has 2 aromatic heterocycles. The molecule has 0 aromatic carbocycles. The molecule has 7 nitrogen and oxygen atoms in total. The molecule has 25 heavy (non-hydrogen) atoms. The normalized spacial score (nSPS) is 29.7. The van der Waals surface area contributed by atoms with Gasteiger partial charge in [0, 0.05) is 30.6 Å². The van der Waals surface area contributed by atoms with Crippen LogP contribution in [0.2, 0.25) is 5.02 Å². The van der Waals surface area contributed by atoms with Crippen LogP contribution >= 0.6 is 46.0 Å². The number of pyridine rings is 1. The topological polar surface area (TPSA) is 89.6 Å². The Kier molecular flexibility index (Phi) is 6.58. The van der Waals surface area contributed by atoms with E-state index in [1.807, 2.05) is 6.07 Å². The first-order valence-electron chi connectivity index (χ1n) is 7.48. The summed E-state index contributed by atoms with van der Waals surface area (Å²) in [6.45, 7) is -0.308. The van der Waals surface area contributed by atoms with E-state index in [1.165, 1.54) is 11.8 Å². The number of thioether (sulfide) groups is 1. The summed E-state index contributed by atoms with van der Waals surface area (Å²) >= 11 is 9.48. The lowest BCUT2D eigenvalue weighted by molar-refractivity contribution is -0.186. The van der Waals surface area contributed by atoms with Crippen LogP contribution in [0, 0.1) is 3.70 Å². The van der Waals surface area contributed by atoms with Gasteiger partial charge in [-0.1, -0.05) is 23.4 Å². The highest BCUT2D eigenvalue weighted by Crippen LogP contribution is 2.39. The summed E-state index contributed by atoms with van der Waals surface area (Å²) in [6.07, 6.45) is 2.82. The van der Waals surface area contributed by atoms with Crippen molar-refractivity contribution in [2.45, 2.75) is 34.7 Å². The van der Waals surface area contributed by atoms with E-state index in [-0.39, 0.29) is 6.61 Å². The number of aliphatic hydroxyl groups is 2. The number of aromatic nitrogens is 3. The van der Waals surface area contributed by atoms with Crippen molar-refractivity contribution in [1.82, 2.24) is 14.8 Å². The molecule has 0 spiro atoms. The molecular formula is C15H17ClIN3O4S. The van der Waals surface area contributed by atoms with E-state index in [1.54, 1.807) is 36.4 Å². The smallest absolute Gasteiger partial charge is 0.136 e. The van der Waals surface area contributed by atoms with Crippen LogP contribution < -0.4 is 0 Å². The summed E-state index contributed by atoms with van der Waals surface area (Å²) in [5.74, 6) is 0. The van der Waals surface area contributed by atoms with E-state index in [2.05, 4.69) is 32.7 Å². The van der Waals surface area contributed by atoms with E-state index < -0.39 is 29.8 Å². The molecule has 1 aliphatic rings. The molecule has 1 saturated heterocycles. The lowest BCUT2D eigenvalue weighted by atomic mass is 9.97. The highest BCUT2D eigenvalue weighted by Gasteiger charge is 2.47. The van der Waals surface area contributed by atoms with Crippen molar-refractivity contribution in [3.05, 3.63) is 39.4 Å². The lowest BCUT2D eigenvalue weighted by Gasteiger charge is -2.43. The highest BCUT2D eigenvalue weighted by atomic mass is 127. The van der Waals surface area contributed by atoms with Crippen LogP contribution in [0.3, 0.4) is 0 Å². The predicted molar refractivity (Wildman–Crippen MR) is 102 cm³/mol. The first kappa shape index (κ1) is 19.3. The quantitative estimate of drug-likeness (QED) is 0.611. The third kappa shape index (κ3) is 4.29. The van der Waals surface area contributed by atoms with Gasteiger partial charge in [-0.25, -0.2) is 0 Å². The number of nitrogens with zero attached hydrogens (tertiary/aromatic N) is 3. The molecule has 3 rings (SSSR count). The van der Waals surface area contributed by atoms with Gasteiger partial charge in [0.05, 0.1) is 11.6 Å². The molecule has 0 bridgehead atoms. The fourth-order valence-corrected chi connectivity index (χ4v) is 4.62. The number of rotatable bonds is 5. The number of methoxy groups -OCH3 is 1. The Labute approximate surface area is 167 Å². The van der Waals surface area contributed by atoms with Gasteiger partial charge in [0.15, 0.2) is 0 Å². The maximum Gasteiger partial charge on any atom is 0.136 e. The summed E-state index contributed by atoms with van der Waals surface area (Å²) < 4.78 is 14.0. The van der Waals surface area contributed by atoms with Gasteiger partial charge in [-0.05, 0) is 34.7 Å². The van der Waals surface area contributed by atoms with E-state index >= 15 is 0 Å². The van der Waals surface area contributed by atoms with Crippen molar-refractivity contribution in [2.24, 2.45) is 0 Å². The molecule has 2 N–H and O–H groups in total. The fourth-order valence-electron chi connectivity index (χ4n) is 2.78. The van der Waals surface area contributed by atoms with E-state index in [9.17, 15) is 10.2 Å². The van der Waals surface area contributed by atoms with Crippen molar-refractivity contribution < 1.29 is 19.7 Å². The van der Waals surface area contributed by atoms with Crippen LogP contribution in [0.1, 0.15) is 6.04 Å². The molecular weight excluding hydrogens is 481 g/mol. The largest absolute Gasteiger partial charge is 0.394 e. The van der Waals surface area contributed by atoms with Gasteiger partial charge in [0.25, 0.3) is 0 Å². The molecule has 10 heteroatoms. The second kappa shape index (κ2) is 8.51. The van der Waals surface area contributed by atoms with E-state index in [0.717, 1.165) is 8.60 Å². The Balaban J connectivity index is 1.91. The van der Waals surface area contributed by atoms with Crippen LogP contribution in [0.15, 0.2) is 35.6 Å². The second-order valence-corrected chi connectivity index (χ2v) is 8.20. The van der Waals surface area contributed by atoms with Gasteiger partial charge in [-0.15, -0.1) is 0 Å². The molecule has 3 heterocycles. The Morgan fingerprint density at radius 3 is 2.88 bits per heavy atom. The van der Waals surface area contributed by atoms with Crippen molar-refractivity contribution in [3.63, 3.8) is 0 Å². The van der Waals surface area contributed by atoms with Crippen LogP contribution in [-0.4, -0.2) is 62.4 Å². The lowest BCUT2D eigenvalue weighted by Crippen LogP contribution is -2.55. The van der Waals surface area contributed by atoms with E-state index in [0.29, 0.717) is 5.02 Å². The molecule has 1 fully saturated rings. The van der Waals surface area contributed by atoms with Gasteiger partial charge >= 0.3 is 0 Å². The minimum Gasteiger partial charge on any atom is -0.394 e. The zero-order chi connectivity index (χ0) is 18.0. The molecule has 1 aliphatic heterocycles. The van der Waals surface area contributed by atoms with Crippen LogP contribution in [0.5, 0.6) is 0 Å². The minimum absolute atomic E-state index is 0.308. The van der Waals surface area contributed by atoms with Crippen molar-refractivity contribution in [2.75, 3.05) is 13.7 Å². The first-order valence-corrected chi connectivity index (χ1v) is 9.82. The summed E-state index contributed by atoms with van der Waals surface area (Å²) in [5.41, 5.74) is -0.474. The number of aliphatic hydroxyl groups excluding tert-OH is 2. The third-order valence-electron chi connectivity index (χ3n) is 3.91. The van der Waals surface area contributed by atoms with E-state index in [4.69, 9.17) is 21.1 Å². The maximum atomic E-state index is 10.6. The Morgan fingerprint density at radius 1 is 1.48 bits per heavy atom. The zero-order valence-corrected chi connectivity index (χ0v) is 16.9. The maximum absolute atomic E-state index is 10.6. The molecule has 0 aliphatic carbocycles. The summed E-state index contributed by atoms with van der Waals surface area (Å²) in [4.78, 5) is 4.88. The number of halogens is 2. The molecule has 136 valence electrons. The predicted octanol–water partition coefficient (Wildman–Crippen LogP) is 1.96. The third-order valence-corrected chi connectivity index (χ3v) is 5.80. The molecule has 2 aromatic rings. The summed E-state index contributed by atoms with van der Waals surface area (Å²) in [6, 6.07) is 3.12. The molecule has 0 saturated carbocycles. The monoisotopic (exact) mass is 497 g/mol. The van der Waals surface area contributed by atoms with Crippen molar-refractivity contribution >= 4 is 46.0 Å². The average Bonchev–Trinajstić information content (AvgIpc) is 3.01. The zero-order valence-electron chi connectivity index (χ0n) is 13.2. The molecule has 2 unspecified atom stereocenters. The van der Waals surface area contributed by atoms with Crippen LogP contribution in [0.25, 0.3) is 0 Å². The Morgan fingerprint density at radius 2 is 2.28 bits per heavy atom. The summed E-state index contributed by atoms with van der Waals surface area (Å²) in [5, 5.41) is 25.2. The summed E-state index contributed by atoms with van der Waals surface area (Å²) in [7, 11) is 1.56. The standard InChI is InChI=1S/C15H17ClIN3O4S/c1-23-14-12(20-3-2-11(17)19-20)13(22)10(7-21)24-15(14)25-9-4-8(16)5-18-6-9/h2-6,10,12-15,21-22H,7H2,1H3/t10?,12-,13-,14?,15+/m0/s1. The van der Waals surface area contributed by atoms with Crippen LogP contribution in [0.4, 0.5) is 0 Å². The fraction of sp³-hybridized carbons (Fsp3) is 0.467. The van der Waals surface area contributed by atoms with Crippen molar-refractivity contribution in [3.8, 4) is 0 Å². The highest BCUT2D eigenvalue weighted by molar-refractivity contribution is 14.1. The first-order chi connectivity index (χ1) is 12.0. The molecule has 0 amide bonds. The van der Waals surface area contributed by atoms with Gasteiger partial charge in [-0.2, -0.15) is 5.10 Å². The Bertz CT molecular complexity index is 722. The van der Waals surface area contributed by atoms with Gasteiger partial charge in [0.2, 0.25) is 0 Å². The Hall–Kier alpha value is -0.430. The van der Waals surface area contributed by atoms with Gasteiger partial charge < -0.3 is 19.7 Å². The second-order valence-electron chi connectivity index (χ2n) is 5.48. The van der Waals surface area contributed by atoms with Crippen molar-refractivity contribution in [1.29, 1.82) is 0 Å². The average molecular weight is 498 g/mol. The van der Waals surface area contributed by atoms with Gasteiger partial charge in [-0.3, -0.25) is 9.67 Å².